The molecule has 188 valence electrons. The molecule has 4 rings (SSSR count). The van der Waals surface area contributed by atoms with E-state index in [1.54, 1.807) is 11.6 Å². The molecule has 0 fully saturated rings. The lowest BCUT2D eigenvalue weighted by molar-refractivity contribution is 0.126. The summed E-state index contributed by atoms with van der Waals surface area (Å²) in [5.74, 6) is 1.56. The van der Waals surface area contributed by atoms with Crippen molar-refractivity contribution in [2.75, 3.05) is 19.5 Å². The second kappa shape index (κ2) is 10.7. The van der Waals surface area contributed by atoms with Crippen LogP contribution in [0.15, 0.2) is 24.3 Å². The third-order valence-electron chi connectivity index (χ3n) is 6.08. The van der Waals surface area contributed by atoms with Gasteiger partial charge < -0.3 is 14.0 Å². The van der Waals surface area contributed by atoms with E-state index < -0.39 is 10.0 Å². The number of methoxy groups -OCH3 is 1. The number of imidazole rings is 1. The number of rotatable bonds is 12. The number of fused-ring (bicyclic) bond motifs is 3. The van der Waals surface area contributed by atoms with Crippen LogP contribution in [0.5, 0.6) is 5.75 Å². The molecule has 3 aromatic heterocycles. The van der Waals surface area contributed by atoms with Crippen LogP contribution in [0.1, 0.15) is 42.4 Å². The first-order chi connectivity index (χ1) is 16.8. The highest BCUT2D eigenvalue weighted by molar-refractivity contribution is 7.89. The lowest BCUT2D eigenvalue weighted by atomic mass is 10.2. The van der Waals surface area contributed by atoms with Crippen molar-refractivity contribution in [1.29, 1.82) is 0 Å². The first-order valence-electron chi connectivity index (χ1n) is 11.6. The molecular weight excluding hydrogens is 470 g/mol. The van der Waals surface area contributed by atoms with E-state index in [-0.39, 0.29) is 12.3 Å². The molecule has 1 N–H and O–H groups in total. The normalized spacial score (nSPS) is 12.1. The number of ether oxygens (including phenoxy) is 2. The van der Waals surface area contributed by atoms with Crippen molar-refractivity contribution >= 4 is 26.7 Å². The summed E-state index contributed by atoms with van der Waals surface area (Å²) in [6.45, 7) is 7.73. The summed E-state index contributed by atoms with van der Waals surface area (Å²) in [6.07, 6.45) is 1.18. The summed E-state index contributed by atoms with van der Waals surface area (Å²) in [5.41, 5.74) is 5.13. The molecule has 0 aliphatic rings. The van der Waals surface area contributed by atoms with Gasteiger partial charge in [-0.2, -0.15) is 4.52 Å². The highest BCUT2D eigenvalue weighted by Crippen LogP contribution is 2.26. The second-order valence-electron chi connectivity index (χ2n) is 8.33. The van der Waals surface area contributed by atoms with E-state index in [9.17, 15) is 8.42 Å². The van der Waals surface area contributed by atoms with Gasteiger partial charge in [-0.1, -0.05) is 12.1 Å². The Morgan fingerprint density at radius 3 is 2.60 bits per heavy atom. The quantitative estimate of drug-likeness (QED) is 0.294. The third kappa shape index (κ3) is 5.44. The predicted octanol–water partition coefficient (Wildman–Crippen LogP) is 2.54. The molecule has 0 radical (unpaired) electrons. The van der Waals surface area contributed by atoms with Crippen molar-refractivity contribution in [2.45, 2.75) is 53.3 Å². The minimum Gasteiger partial charge on any atom is -0.497 e. The van der Waals surface area contributed by atoms with Crippen LogP contribution in [0.4, 0.5) is 0 Å². The van der Waals surface area contributed by atoms with Crippen molar-refractivity contribution in [3.05, 3.63) is 46.9 Å². The van der Waals surface area contributed by atoms with Crippen LogP contribution < -0.4 is 9.46 Å². The van der Waals surface area contributed by atoms with E-state index in [2.05, 4.69) is 24.8 Å². The molecule has 0 saturated carbocycles. The van der Waals surface area contributed by atoms with Gasteiger partial charge in [-0.15, -0.1) is 5.10 Å². The zero-order chi connectivity index (χ0) is 25.0. The highest BCUT2D eigenvalue weighted by atomic mass is 32.2. The Morgan fingerprint density at radius 1 is 1.11 bits per heavy atom. The molecule has 0 atom stereocenters. The Morgan fingerprint density at radius 2 is 1.89 bits per heavy atom. The summed E-state index contributed by atoms with van der Waals surface area (Å²) < 4.78 is 42.3. The highest BCUT2D eigenvalue weighted by Gasteiger charge is 2.20. The average molecular weight is 502 g/mol. The topological polar surface area (TPSA) is 126 Å². The summed E-state index contributed by atoms with van der Waals surface area (Å²) in [4.78, 5) is 4.79. The molecule has 4 aromatic rings. The summed E-state index contributed by atoms with van der Waals surface area (Å²) in [5, 5.41) is 12.0. The molecular formula is C23H31N7O4S. The van der Waals surface area contributed by atoms with Crippen molar-refractivity contribution in [1.82, 2.24) is 34.3 Å². The van der Waals surface area contributed by atoms with E-state index >= 15 is 0 Å². The van der Waals surface area contributed by atoms with E-state index in [0.717, 1.165) is 39.4 Å². The molecule has 0 bridgehead atoms. The van der Waals surface area contributed by atoms with Gasteiger partial charge in [-0.3, -0.25) is 0 Å². The number of sulfonamides is 1. The molecule has 0 spiro atoms. The first-order valence-corrected chi connectivity index (χ1v) is 13.2. The molecule has 12 heteroatoms. The molecule has 11 nitrogen and oxygen atoms in total. The molecule has 0 aliphatic heterocycles. The Labute approximate surface area is 204 Å². The standard InChI is InChI=1S/C23H31N7O4S/c1-5-34-15-20-25-21-22(16(2)17(3)30-23(21)26-27-28-30)29(20)12-6-7-13-35(31,32)24-14-18-8-10-19(33-4)11-9-18/h8-11,24H,5-7,12-15H2,1-4H3. The molecule has 0 unspecified atom stereocenters. The van der Waals surface area contributed by atoms with Crippen LogP contribution in [-0.2, 0) is 34.5 Å². The molecule has 3 heterocycles. The Kier molecular flexibility index (Phi) is 7.63. The molecule has 1 aromatic carbocycles. The number of benzene rings is 1. The number of nitrogens with one attached hydrogen (secondary N) is 1. The maximum Gasteiger partial charge on any atom is 0.211 e. The number of hydrogen-bond donors (Lipinski definition) is 1. The fourth-order valence-electron chi connectivity index (χ4n) is 4.04. The van der Waals surface area contributed by atoms with Crippen molar-refractivity contribution in [3.63, 3.8) is 0 Å². The number of aryl methyl sites for hydroxylation is 3. The van der Waals surface area contributed by atoms with Gasteiger partial charge in [0.15, 0.2) is 0 Å². The van der Waals surface area contributed by atoms with Crippen LogP contribution in [0.3, 0.4) is 0 Å². The largest absolute Gasteiger partial charge is 0.497 e. The van der Waals surface area contributed by atoms with Gasteiger partial charge in [0.25, 0.3) is 0 Å². The number of pyridine rings is 1. The maximum atomic E-state index is 12.5. The van der Waals surface area contributed by atoms with Crippen LogP contribution in [0.2, 0.25) is 0 Å². The number of hydrogen-bond acceptors (Lipinski definition) is 8. The SMILES string of the molecule is CCOCc1nc2c(c(C)c(C)n3nnnc23)n1CCCCS(=O)(=O)NCc1ccc(OC)cc1. The second-order valence-corrected chi connectivity index (χ2v) is 10.3. The van der Waals surface area contributed by atoms with E-state index in [4.69, 9.17) is 14.5 Å². The van der Waals surface area contributed by atoms with Gasteiger partial charge in [0.1, 0.15) is 23.7 Å². The molecule has 0 aliphatic carbocycles. The Hall–Kier alpha value is -3.09. The lowest BCUT2D eigenvalue weighted by Crippen LogP contribution is -2.26. The van der Waals surface area contributed by atoms with E-state index in [0.29, 0.717) is 38.2 Å². The van der Waals surface area contributed by atoms with Gasteiger partial charge in [-0.25, -0.2) is 18.1 Å². The summed E-state index contributed by atoms with van der Waals surface area (Å²) in [7, 11) is -1.80. The van der Waals surface area contributed by atoms with Crippen LogP contribution in [0, 0.1) is 13.8 Å². The van der Waals surface area contributed by atoms with Crippen molar-refractivity contribution in [3.8, 4) is 5.75 Å². The molecule has 0 amide bonds. The third-order valence-corrected chi connectivity index (χ3v) is 7.49. The first kappa shape index (κ1) is 25.0. The summed E-state index contributed by atoms with van der Waals surface area (Å²) in [6, 6.07) is 7.31. The number of aromatic nitrogens is 6. The Balaban J connectivity index is 1.44. The summed E-state index contributed by atoms with van der Waals surface area (Å²) >= 11 is 0. The van der Waals surface area contributed by atoms with E-state index in [1.807, 2.05) is 45.0 Å². The zero-order valence-electron chi connectivity index (χ0n) is 20.5. The van der Waals surface area contributed by atoms with Gasteiger partial charge in [-0.05, 0) is 67.3 Å². The molecule has 35 heavy (non-hydrogen) atoms. The zero-order valence-corrected chi connectivity index (χ0v) is 21.3. The fraction of sp³-hybridized carbons (Fsp3) is 0.478. The number of tetrazole rings is 1. The van der Waals surface area contributed by atoms with Crippen LogP contribution in [0.25, 0.3) is 16.7 Å². The average Bonchev–Trinajstić information content (AvgIpc) is 3.48. The van der Waals surface area contributed by atoms with Gasteiger partial charge >= 0.3 is 0 Å². The van der Waals surface area contributed by atoms with Crippen LogP contribution in [-0.4, -0.2) is 57.5 Å². The maximum absolute atomic E-state index is 12.5. The van der Waals surface area contributed by atoms with Gasteiger partial charge in [0.2, 0.25) is 15.7 Å². The van der Waals surface area contributed by atoms with Crippen molar-refractivity contribution < 1.29 is 17.9 Å². The number of nitrogens with zero attached hydrogens (tertiary/aromatic N) is 6. The number of unbranched alkanes of at least 4 members (excludes halogenated alkanes) is 1. The van der Waals surface area contributed by atoms with E-state index in [1.165, 1.54) is 0 Å². The Bertz CT molecular complexity index is 1410. The minimum absolute atomic E-state index is 0.0485. The fourth-order valence-corrected chi connectivity index (χ4v) is 5.16. The predicted molar refractivity (Wildman–Crippen MR) is 132 cm³/mol. The van der Waals surface area contributed by atoms with Crippen LogP contribution >= 0.6 is 0 Å². The van der Waals surface area contributed by atoms with Gasteiger partial charge in [0, 0.05) is 25.4 Å². The minimum atomic E-state index is -3.40. The monoisotopic (exact) mass is 501 g/mol. The van der Waals surface area contributed by atoms with Crippen molar-refractivity contribution in [2.24, 2.45) is 0 Å². The van der Waals surface area contributed by atoms with Gasteiger partial charge in [0.05, 0.1) is 18.4 Å². The molecule has 0 saturated heterocycles. The smallest absolute Gasteiger partial charge is 0.211 e. The lowest BCUT2D eigenvalue weighted by Gasteiger charge is -2.12.